The Hall–Kier alpha value is -2.68. The number of carbonyl (C=O) groups is 2. The summed E-state index contributed by atoms with van der Waals surface area (Å²) in [6, 6.07) is 1.67. The molecule has 2 atom stereocenters. The second-order valence-electron chi connectivity index (χ2n) is 8.57. The Kier molecular flexibility index (Phi) is 5.17. The van der Waals surface area contributed by atoms with E-state index in [1.807, 2.05) is 25.5 Å². The van der Waals surface area contributed by atoms with Gasteiger partial charge in [0.25, 0.3) is 5.91 Å². The smallest absolute Gasteiger partial charge is 0.276 e. The van der Waals surface area contributed by atoms with Gasteiger partial charge in [-0.15, -0.1) is 0 Å². The van der Waals surface area contributed by atoms with E-state index >= 15 is 0 Å². The molecule has 162 valence electrons. The number of fused-ring (bicyclic) bond motifs is 1. The molecule has 2 aliphatic heterocycles. The Morgan fingerprint density at radius 3 is 2.67 bits per heavy atom. The molecule has 2 saturated heterocycles. The maximum atomic E-state index is 13.2. The molecule has 0 aliphatic carbocycles. The van der Waals surface area contributed by atoms with Gasteiger partial charge < -0.3 is 19.4 Å². The third-order valence-corrected chi connectivity index (χ3v) is 6.77. The quantitative estimate of drug-likeness (QED) is 0.811. The average molecular weight is 415 g/mol. The number of aromatic nitrogens is 3. The summed E-state index contributed by atoms with van der Waals surface area (Å²) in [6.07, 6.45) is 0.752. The first kappa shape index (κ1) is 20.6. The first-order valence-electron chi connectivity index (χ1n) is 10.5. The van der Waals surface area contributed by atoms with E-state index in [9.17, 15) is 14.7 Å². The van der Waals surface area contributed by atoms with Crippen molar-refractivity contribution >= 4 is 11.8 Å². The zero-order valence-corrected chi connectivity index (χ0v) is 18.0. The first-order chi connectivity index (χ1) is 14.3. The van der Waals surface area contributed by atoms with Crippen molar-refractivity contribution in [2.45, 2.75) is 40.7 Å². The lowest BCUT2D eigenvalue weighted by molar-refractivity contribution is -0.128. The van der Waals surface area contributed by atoms with Gasteiger partial charge in [0.05, 0.1) is 17.9 Å². The number of aryl methyl sites for hydroxylation is 2. The molecule has 9 nitrogen and oxygen atoms in total. The molecular formula is C21H29N5O4. The molecule has 0 radical (unpaired) electrons. The monoisotopic (exact) mass is 415 g/mol. The van der Waals surface area contributed by atoms with Gasteiger partial charge >= 0.3 is 0 Å². The summed E-state index contributed by atoms with van der Waals surface area (Å²) in [4.78, 5) is 28.5. The standard InChI is InChI=1S/C21H29N5O4/c1-5-26-14(3)19(13(2)22-26)18-8-17(23-30-18)20(29)24-7-6-16-9-25(15(4)28)11-21(16,10-24)12-27/h8,16,27H,5-7,9-12H2,1-4H3/t16-,21+/m1/s1. The molecule has 2 amide bonds. The SMILES string of the molecule is CCn1nc(C)c(-c2cc(C(=O)N3CC[C@@H]4CN(C(C)=O)C[C@]4(CO)C3)no2)c1C. The van der Waals surface area contributed by atoms with E-state index in [1.165, 1.54) is 0 Å². The zero-order valence-electron chi connectivity index (χ0n) is 18.0. The van der Waals surface area contributed by atoms with Gasteiger partial charge in [-0.2, -0.15) is 5.10 Å². The molecule has 0 spiro atoms. The van der Waals surface area contributed by atoms with Gasteiger partial charge in [0.2, 0.25) is 5.91 Å². The van der Waals surface area contributed by atoms with Crippen molar-refractivity contribution < 1.29 is 19.2 Å². The predicted octanol–water partition coefficient (Wildman–Crippen LogP) is 1.48. The molecule has 0 aromatic carbocycles. The summed E-state index contributed by atoms with van der Waals surface area (Å²) in [5.41, 5.74) is 2.45. The number of hydrogen-bond acceptors (Lipinski definition) is 6. The van der Waals surface area contributed by atoms with Gasteiger partial charge in [0, 0.05) is 56.8 Å². The molecule has 4 rings (SSSR count). The van der Waals surface area contributed by atoms with E-state index in [4.69, 9.17) is 4.52 Å². The summed E-state index contributed by atoms with van der Waals surface area (Å²) in [7, 11) is 0. The first-order valence-corrected chi connectivity index (χ1v) is 10.5. The number of likely N-dealkylation sites (tertiary alicyclic amines) is 2. The van der Waals surface area contributed by atoms with Crippen molar-refractivity contribution in [1.29, 1.82) is 0 Å². The number of piperidine rings is 1. The molecule has 0 saturated carbocycles. The lowest BCUT2D eigenvalue weighted by Gasteiger charge is -2.42. The summed E-state index contributed by atoms with van der Waals surface area (Å²) >= 11 is 0. The van der Waals surface area contributed by atoms with Crippen LogP contribution in [0.15, 0.2) is 10.6 Å². The number of amides is 2. The highest BCUT2D eigenvalue weighted by atomic mass is 16.5. The fourth-order valence-electron chi connectivity index (χ4n) is 5.04. The number of nitrogens with zero attached hydrogens (tertiary/aromatic N) is 5. The topological polar surface area (TPSA) is 105 Å². The van der Waals surface area contributed by atoms with Crippen molar-refractivity contribution in [1.82, 2.24) is 24.7 Å². The van der Waals surface area contributed by atoms with E-state index in [2.05, 4.69) is 10.3 Å². The van der Waals surface area contributed by atoms with Crippen LogP contribution in [0.25, 0.3) is 11.3 Å². The molecule has 9 heteroatoms. The van der Waals surface area contributed by atoms with Crippen LogP contribution in [0.4, 0.5) is 0 Å². The van der Waals surface area contributed by atoms with Crippen molar-refractivity contribution in [3.8, 4) is 11.3 Å². The minimum atomic E-state index is -0.471. The van der Waals surface area contributed by atoms with Crippen LogP contribution < -0.4 is 0 Å². The van der Waals surface area contributed by atoms with E-state index in [1.54, 1.807) is 22.8 Å². The second-order valence-corrected chi connectivity index (χ2v) is 8.57. The number of carbonyl (C=O) groups excluding carboxylic acids is 2. The van der Waals surface area contributed by atoms with Gasteiger partial charge in [-0.3, -0.25) is 14.3 Å². The third kappa shape index (κ3) is 3.21. The highest BCUT2D eigenvalue weighted by Gasteiger charge is 2.51. The van der Waals surface area contributed by atoms with E-state index in [-0.39, 0.29) is 30.0 Å². The predicted molar refractivity (Wildman–Crippen MR) is 109 cm³/mol. The normalized spacial score (nSPS) is 23.7. The Labute approximate surface area is 175 Å². The van der Waals surface area contributed by atoms with Gasteiger partial charge in [0.15, 0.2) is 11.5 Å². The maximum Gasteiger partial charge on any atom is 0.276 e. The third-order valence-electron chi connectivity index (χ3n) is 6.77. The van der Waals surface area contributed by atoms with E-state index < -0.39 is 5.41 Å². The zero-order chi connectivity index (χ0) is 21.6. The summed E-state index contributed by atoms with van der Waals surface area (Å²) < 4.78 is 7.41. The number of aliphatic hydroxyl groups is 1. The minimum absolute atomic E-state index is 0.00890. The minimum Gasteiger partial charge on any atom is -0.396 e. The van der Waals surface area contributed by atoms with Crippen LogP contribution in [-0.2, 0) is 11.3 Å². The van der Waals surface area contributed by atoms with E-state index in [0.29, 0.717) is 31.9 Å². The van der Waals surface area contributed by atoms with Gasteiger partial charge in [-0.1, -0.05) is 5.16 Å². The fourth-order valence-corrected chi connectivity index (χ4v) is 5.04. The van der Waals surface area contributed by atoms with Crippen molar-refractivity contribution in [2.24, 2.45) is 11.3 Å². The maximum absolute atomic E-state index is 13.2. The molecule has 0 bridgehead atoms. The van der Waals surface area contributed by atoms with Crippen LogP contribution in [0, 0.1) is 25.2 Å². The Balaban J connectivity index is 1.55. The van der Waals surface area contributed by atoms with Gasteiger partial charge in [-0.25, -0.2) is 0 Å². The second kappa shape index (κ2) is 7.54. The molecule has 30 heavy (non-hydrogen) atoms. The average Bonchev–Trinajstić information content (AvgIpc) is 3.42. The van der Waals surface area contributed by atoms with Crippen LogP contribution >= 0.6 is 0 Å². The lowest BCUT2D eigenvalue weighted by atomic mass is 9.74. The molecule has 2 aromatic rings. The molecule has 0 unspecified atom stereocenters. The molecule has 1 N–H and O–H groups in total. The van der Waals surface area contributed by atoms with Crippen LogP contribution in [-0.4, -0.2) is 74.4 Å². The number of aliphatic hydroxyl groups excluding tert-OH is 1. The van der Waals surface area contributed by atoms with Gasteiger partial charge in [-0.05, 0) is 33.1 Å². The van der Waals surface area contributed by atoms with Gasteiger partial charge in [0.1, 0.15) is 0 Å². The number of hydrogen-bond donors (Lipinski definition) is 1. The Bertz CT molecular complexity index is 980. The van der Waals surface area contributed by atoms with Crippen molar-refractivity contribution in [3.63, 3.8) is 0 Å². The summed E-state index contributed by atoms with van der Waals surface area (Å²) in [6.45, 7) is 10.3. The lowest BCUT2D eigenvalue weighted by Crippen LogP contribution is -2.52. The number of rotatable bonds is 4. The summed E-state index contributed by atoms with van der Waals surface area (Å²) in [5, 5.41) is 18.7. The highest BCUT2D eigenvalue weighted by Crippen LogP contribution is 2.42. The van der Waals surface area contributed by atoms with Crippen LogP contribution in [0.2, 0.25) is 0 Å². The van der Waals surface area contributed by atoms with E-state index in [0.717, 1.165) is 29.9 Å². The largest absolute Gasteiger partial charge is 0.396 e. The highest BCUT2D eigenvalue weighted by molar-refractivity contribution is 5.93. The summed E-state index contributed by atoms with van der Waals surface area (Å²) in [5.74, 6) is 0.530. The Morgan fingerprint density at radius 2 is 2.03 bits per heavy atom. The van der Waals surface area contributed by atoms with Crippen LogP contribution in [0.5, 0.6) is 0 Å². The van der Waals surface area contributed by atoms with Crippen LogP contribution in [0.3, 0.4) is 0 Å². The molecule has 2 fully saturated rings. The molecule has 4 heterocycles. The molecule has 2 aromatic heterocycles. The van der Waals surface area contributed by atoms with Crippen molar-refractivity contribution in [3.05, 3.63) is 23.1 Å². The molecule has 2 aliphatic rings. The Morgan fingerprint density at radius 1 is 1.30 bits per heavy atom. The van der Waals surface area contributed by atoms with Crippen molar-refractivity contribution in [2.75, 3.05) is 32.8 Å². The van der Waals surface area contributed by atoms with Crippen LogP contribution in [0.1, 0.15) is 42.1 Å². The molecular weight excluding hydrogens is 386 g/mol. The fraction of sp³-hybridized carbons (Fsp3) is 0.619.